The van der Waals surface area contributed by atoms with Gasteiger partial charge in [-0.3, -0.25) is 9.69 Å². The van der Waals surface area contributed by atoms with Crippen LogP contribution in [0.2, 0.25) is 0 Å². The zero-order valence-corrected chi connectivity index (χ0v) is 23.4. The summed E-state index contributed by atoms with van der Waals surface area (Å²) in [6, 6.07) is 0. The quantitative estimate of drug-likeness (QED) is 0.241. The third kappa shape index (κ3) is 15.1. The number of carbonyl (C=O) groups is 1. The largest absolute Gasteiger partial charge is 0.340 e. The number of hydrogen-bond acceptors (Lipinski definition) is 2. The summed E-state index contributed by atoms with van der Waals surface area (Å²) >= 11 is 0. The molecule has 3 nitrogen and oxygen atoms in total. The Labute approximate surface area is 211 Å². The minimum absolute atomic E-state index is 0.311. The zero-order valence-electron chi connectivity index (χ0n) is 23.4. The van der Waals surface area contributed by atoms with Gasteiger partial charge in [0.15, 0.2) is 0 Å². The van der Waals surface area contributed by atoms with Crippen LogP contribution in [-0.4, -0.2) is 48.4 Å². The number of piperazine rings is 1. The van der Waals surface area contributed by atoms with Crippen molar-refractivity contribution < 1.29 is 4.79 Å². The average Bonchev–Trinajstić information content (AvgIpc) is 2.77. The number of amides is 1. The van der Waals surface area contributed by atoms with Crippen LogP contribution in [0, 0.1) is 0 Å². The summed E-state index contributed by atoms with van der Waals surface area (Å²) in [5.41, 5.74) is 7.16. The lowest BCUT2D eigenvalue weighted by Gasteiger charge is -2.34. The Morgan fingerprint density at radius 3 is 1.41 bits per heavy atom. The van der Waals surface area contributed by atoms with E-state index in [2.05, 4.69) is 83.7 Å². The van der Waals surface area contributed by atoms with Crippen molar-refractivity contribution in [3.05, 3.63) is 58.2 Å². The maximum absolute atomic E-state index is 12.5. The van der Waals surface area contributed by atoms with E-state index in [0.717, 1.165) is 71.2 Å². The molecule has 1 rings (SSSR count). The highest BCUT2D eigenvalue weighted by Crippen LogP contribution is 2.14. The lowest BCUT2D eigenvalue weighted by molar-refractivity contribution is -0.132. The minimum atomic E-state index is 0.311. The summed E-state index contributed by atoms with van der Waals surface area (Å²) in [6.45, 7) is 20.0. The van der Waals surface area contributed by atoms with Gasteiger partial charge in [-0.05, 0) is 93.4 Å². The van der Waals surface area contributed by atoms with Crippen molar-refractivity contribution in [2.24, 2.45) is 0 Å². The molecule has 1 fully saturated rings. The maximum atomic E-state index is 12.5. The first kappa shape index (κ1) is 30.2. The summed E-state index contributed by atoms with van der Waals surface area (Å²) in [7, 11) is 0. The monoisotopic (exact) mass is 468 g/mol. The van der Waals surface area contributed by atoms with E-state index < -0.39 is 0 Å². The van der Waals surface area contributed by atoms with E-state index in [0.29, 0.717) is 12.3 Å². The van der Waals surface area contributed by atoms with Crippen LogP contribution >= 0.6 is 0 Å². The van der Waals surface area contributed by atoms with E-state index >= 15 is 0 Å². The number of nitrogens with zero attached hydrogens (tertiary/aromatic N) is 2. The average molecular weight is 469 g/mol. The summed E-state index contributed by atoms with van der Waals surface area (Å²) in [6.07, 6.45) is 20.0. The Morgan fingerprint density at radius 2 is 0.971 bits per heavy atom. The molecule has 192 valence electrons. The highest BCUT2D eigenvalue weighted by Gasteiger charge is 2.19. The Kier molecular flexibility index (Phi) is 15.6. The zero-order chi connectivity index (χ0) is 25.3. The molecule has 3 heteroatoms. The van der Waals surface area contributed by atoms with E-state index in [1.165, 1.54) is 34.3 Å². The lowest BCUT2D eigenvalue weighted by atomic mass is 10.0. The summed E-state index contributed by atoms with van der Waals surface area (Å²) in [5, 5.41) is 0. The van der Waals surface area contributed by atoms with Crippen LogP contribution in [0.3, 0.4) is 0 Å². The minimum Gasteiger partial charge on any atom is -0.340 e. The van der Waals surface area contributed by atoms with Crippen LogP contribution in [0.1, 0.15) is 99.8 Å². The molecule has 34 heavy (non-hydrogen) atoms. The van der Waals surface area contributed by atoms with Gasteiger partial charge in [-0.15, -0.1) is 0 Å². The third-order valence-electron chi connectivity index (χ3n) is 6.49. The van der Waals surface area contributed by atoms with Gasteiger partial charge >= 0.3 is 0 Å². The highest BCUT2D eigenvalue weighted by molar-refractivity contribution is 5.76. The standard InChI is InChI=1S/C31H52N2O/c1-26(2)12-8-13-28(5)14-9-15-29(6)16-10-17-30(7)18-11-19-31(34)33-24-22-32(23-25-33)21-20-27(3)4/h12,14,16,18,20H,8-11,13,15,17,19,21-25H2,1-7H3. The van der Waals surface area contributed by atoms with Gasteiger partial charge in [0.25, 0.3) is 0 Å². The van der Waals surface area contributed by atoms with Crippen LogP contribution in [0.5, 0.6) is 0 Å². The van der Waals surface area contributed by atoms with Crippen LogP contribution in [0.15, 0.2) is 58.2 Å². The van der Waals surface area contributed by atoms with Gasteiger partial charge in [-0.25, -0.2) is 0 Å². The molecular weight excluding hydrogens is 416 g/mol. The molecule has 0 aliphatic carbocycles. The van der Waals surface area contributed by atoms with Gasteiger partial charge in [0.05, 0.1) is 0 Å². The molecule has 0 N–H and O–H groups in total. The molecule has 0 aromatic rings. The van der Waals surface area contributed by atoms with Gasteiger partial charge in [-0.2, -0.15) is 0 Å². The number of rotatable bonds is 14. The predicted molar refractivity (Wildman–Crippen MR) is 150 cm³/mol. The maximum Gasteiger partial charge on any atom is 0.222 e. The fraction of sp³-hybridized carbons (Fsp3) is 0.645. The molecular formula is C31H52N2O. The lowest BCUT2D eigenvalue weighted by Crippen LogP contribution is -2.48. The first-order chi connectivity index (χ1) is 16.2. The van der Waals surface area contributed by atoms with Gasteiger partial charge in [0.1, 0.15) is 0 Å². The molecule has 0 aromatic heterocycles. The molecule has 1 amide bonds. The summed E-state index contributed by atoms with van der Waals surface area (Å²) in [4.78, 5) is 17.0. The van der Waals surface area contributed by atoms with Gasteiger partial charge < -0.3 is 4.90 Å². The Balaban J connectivity index is 2.22. The van der Waals surface area contributed by atoms with Crippen molar-refractivity contribution in [2.75, 3.05) is 32.7 Å². The van der Waals surface area contributed by atoms with E-state index in [4.69, 9.17) is 0 Å². The van der Waals surface area contributed by atoms with Crippen molar-refractivity contribution in [2.45, 2.75) is 99.8 Å². The molecule has 0 bridgehead atoms. The molecule has 1 aliphatic rings. The highest BCUT2D eigenvalue weighted by atomic mass is 16.2. The van der Waals surface area contributed by atoms with Gasteiger partial charge in [-0.1, -0.05) is 58.2 Å². The van der Waals surface area contributed by atoms with E-state index in [1.54, 1.807) is 0 Å². The molecule has 0 unspecified atom stereocenters. The fourth-order valence-electron chi connectivity index (χ4n) is 4.08. The van der Waals surface area contributed by atoms with Crippen LogP contribution in [0.4, 0.5) is 0 Å². The van der Waals surface area contributed by atoms with Crippen LogP contribution < -0.4 is 0 Å². The molecule has 0 radical (unpaired) electrons. The van der Waals surface area contributed by atoms with Crippen molar-refractivity contribution in [1.82, 2.24) is 9.80 Å². The van der Waals surface area contributed by atoms with Crippen LogP contribution in [0.25, 0.3) is 0 Å². The molecule has 1 aliphatic heterocycles. The van der Waals surface area contributed by atoms with Crippen molar-refractivity contribution in [3.8, 4) is 0 Å². The number of hydrogen-bond donors (Lipinski definition) is 0. The summed E-state index contributed by atoms with van der Waals surface area (Å²) in [5.74, 6) is 0.311. The Hall–Kier alpha value is -1.87. The second-order valence-corrected chi connectivity index (χ2v) is 10.6. The molecule has 0 aromatic carbocycles. The summed E-state index contributed by atoms with van der Waals surface area (Å²) < 4.78 is 0. The van der Waals surface area contributed by atoms with E-state index in [9.17, 15) is 4.79 Å². The van der Waals surface area contributed by atoms with Crippen molar-refractivity contribution in [3.63, 3.8) is 0 Å². The molecule has 0 spiro atoms. The van der Waals surface area contributed by atoms with Crippen LogP contribution in [-0.2, 0) is 4.79 Å². The molecule has 0 atom stereocenters. The fourth-order valence-corrected chi connectivity index (χ4v) is 4.08. The topological polar surface area (TPSA) is 23.6 Å². The van der Waals surface area contributed by atoms with E-state index in [-0.39, 0.29) is 0 Å². The second kappa shape index (κ2) is 17.5. The third-order valence-corrected chi connectivity index (χ3v) is 6.49. The SMILES string of the molecule is CC(C)=CCCC(C)=CCCC(C)=CCCC(C)=CCCC(=O)N1CCN(CC=C(C)C)CC1. The number of allylic oxidation sites excluding steroid dienone is 9. The Bertz CT molecular complexity index is 750. The molecule has 1 saturated heterocycles. The first-order valence-corrected chi connectivity index (χ1v) is 13.4. The molecule has 1 heterocycles. The second-order valence-electron chi connectivity index (χ2n) is 10.6. The van der Waals surface area contributed by atoms with Gasteiger partial charge in [0, 0.05) is 39.1 Å². The number of carbonyl (C=O) groups excluding carboxylic acids is 1. The predicted octanol–water partition coefficient (Wildman–Crippen LogP) is 8.02. The Morgan fingerprint density at radius 1 is 0.559 bits per heavy atom. The van der Waals surface area contributed by atoms with Gasteiger partial charge in [0.2, 0.25) is 5.91 Å². The normalized spacial score (nSPS) is 16.0. The first-order valence-electron chi connectivity index (χ1n) is 13.4. The van der Waals surface area contributed by atoms with Crippen molar-refractivity contribution >= 4 is 5.91 Å². The van der Waals surface area contributed by atoms with Crippen molar-refractivity contribution in [1.29, 1.82) is 0 Å². The smallest absolute Gasteiger partial charge is 0.222 e. The molecule has 0 saturated carbocycles. The van der Waals surface area contributed by atoms with E-state index in [1.807, 2.05) is 4.90 Å².